The largest absolute Gasteiger partial charge is 0.103 e. The minimum Gasteiger partial charge on any atom is -0.103 e. The summed E-state index contributed by atoms with van der Waals surface area (Å²) >= 11 is 3.46. The Morgan fingerprint density at radius 1 is 1.08 bits per heavy atom. The van der Waals surface area contributed by atoms with Crippen molar-refractivity contribution in [2.75, 3.05) is 0 Å². The molecule has 0 saturated heterocycles. The number of hydrogen-bond acceptors (Lipinski definition) is 0. The third-order valence-corrected chi connectivity index (χ3v) is 2.39. The molecule has 0 N–H and O–H groups in total. The average Bonchev–Trinajstić information content (AvgIpc) is 2.10. The van der Waals surface area contributed by atoms with E-state index in [9.17, 15) is 0 Å². The fourth-order valence-electron chi connectivity index (χ4n) is 1.29. The molecule has 0 heterocycles. The van der Waals surface area contributed by atoms with Gasteiger partial charge in [0.1, 0.15) is 0 Å². The lowest BCUT2D eigenvalue weighted by Gasteiger charge is -2.05. The van der Waals surface area contributed by atoms with E-state index < -0.39 is 0 Å². The SMILES string of the molecule is C=CCc1ccc(Br)cc1CC=C. The fraction of sp³-hybridized carbons (Fsp3) is 0.167. The summed E-state index contributed by atoms with van der Waals surface area (Å²) in [5, 5.41) is 0. The normalized spacial score (nSPS) is 9.62. The summed E-state index contributed by atoms with van der Waals surface area (Å²) in [4.78, 5) is 0. The number of rotatable bonds is 4. The van der Waals surface area contributed by atoms with Gasteiger partial charge in [0.2, 0.25) is 0 Å². The predicted molar refractivity (Wildman–Crippen MR) is 61.9 cm³/mol. The molecule has 0 amide bonds. The molecule has 0 aliphatic rings. The number of hydrogen-bond donors (Lipinski definition) is 0. The van der Waals surface area contributed by atoms with Crippen molar-refractivity contribution in [1.82, 2.24) is 0 Å². The number of allylic oxidation sites excluding steroid dienone is 2. The summed E-state index contributed by atoms with van der Waals surface area (Å²) in [6, 6.07) is 6.33. The molecule has 13 heavy (non-hydrogen) atoms. The van der Waals surface area contributed by atoms with Gasteiger partial charge in [0.05, 0.1) is 0 Å². The van der Waals surface area contributed by atoms with Gasteiger partial charge in [-0.25, -0.2) is 0 Å². The topological polar surface area (TPSA) is 0 Å². The molecular formula is C12H13Br. The molecule has 0 aliphatic heterocycles. The minimum absolute atomic E-state index is 0.919. The van der Waals surface area contributed by atoms with Crippen molar-refractivity contribution in [3.8, 4) is 0 Å². The Balaban J connectivity index is 3.01. The molecule has 0 aliphatic carbocycles. The molecule has 0 saturated carbocycles. The lowest BCUT2D eigenvalue weighted by atomic mass is 10.0. The molecule has 0 nitrogen and oxygen atoms in total. The molecule has 0 atom stereocenters. The van der Waals surface area contributed by atoms with Gasteiger partial charge in [0, 0.05) is 4.47 Å². The molecular weight excluding hydrogens is 224 g/mol. The van der Waals surface area contributed by atoms with Crippen molar-refractivity contribution >= 4 is 15.9 Å². The van der Waals surface area contributed by atoms with Gasteiger partial charge in [-0.1, -0.05) is 34.1 Å². The van der Waals surface area contributed by atoms with E-state index in [0.29, 0.717) is 0 Å². The average molecular weight is 237 g/mol. The summed E-state index contributed by atoms with van der Waals surface area (Å²) in [6.45, 7) is 7.49. The van der Waals surface area contributed by atoms with Crippen LogP contribution in [0, 0.1) is 0 Å². The molecule has 0 aromatic heterocycles. The standard InChI is InChI=1S/C12H13Br/c1-3-5-10-7-8-12(13)9-11(10)6-4-2/h3-4,7-9H,1-2,5-6H2. The summed E-state index contributed by atoms with van der Waals surface area (Å²) in [5.74, 6) is 0. The highest BCUT2D eigenvalue weighted by molar-refractivity contribution is 9.10. The molecule has 1 aromatic rings. The van der Waals surface area contributed by atoms with E-state index in [-0.39, 0.29) is 0 Å². The maximum atomic E-state index is 3.75. The van der Waals surface area contributed by atoms with Gasteiger partial charge >= 0.3 is 0 Å². The van der Waals surface area contributed by atoms with Crippen LogP contribution in [0.15, 0.2) is 48.0 Å². The zero-order valence-electron chi connectivity index (χ0n) is 7.59. The highest BCUT2D eigenvalue weighted by atomic mass is 79.9. The molecule has 0 bridgehead atoms. The molecule has 68 valence electrons. The summed E-state index contributed by atoms with van der Waals surface area (Å²) in [6.07, 6.45) is 5.70. The first-order chi connectivity index (χ1) is 6.27. The van der Waals surface area contributed by atoms with E-state index in [1.807, 2.05) is 12.2 Å². The molecule has 0 radical (unpaired) electrons. The first-order valence-electron chi connectivity index (χ1n) is 4.27. The Labute approximate surface area is 88.1 Å². The maximum absolute atomic E-state index is 3.75. The van der Waals surface area contributed by atoms with Gasteiger partial charge in [-0.15, -0.1) is 13.2 Å². The third-order valence-electron chi connectivity index (χ3n) is 1.90. The van der Waals surface area contributed by atoms with Gasteiger partial charge in [0.15, 0.2) is 0 Å². The van der Waals surface area contributed by atoms with Crippen molar-refractivity contribution in [2.24, 2.45) is 0 Å². The van der Waals surface area contributed by atoms with Crippen molar-refractivity contribution in [1.29, 1.82) is 0 Å². The molecule has 1 heteroatoms. The number of benzene rings is 1. The maximum Gasteiger partial charge on any atom is 0.0178 e. The van der Waals surface area contributed by atoms with Crippen molar-refractivity contribution in [3.05, 3.63) is 59.1 Å². The Kier molecular flexibility index (Phi) is 3.97. The van der Waals surface area contributed by atoms with Crippen LogP contribution in [0.3, 0.4) is 0 Å². The van der Waals surface area contributed by atoms with E-state index in [0.717, 1.165) is 17.3 Å². The van der Waals surface area contributed by atoms with Crippen molar-refractivity contribution in [3.63, 3.8) is 0 Å². The van der Waals surface area contributed by atoms with Gasteiger partial charge in [-0.3, -0.25) is 0 Å². The van der Waals surface area contributed by atoms with Crippen LogP contribution in [-0.2, 0) is 12.8 Å². The van der Waals surface area contributed by atoms with E-state index in [1.165, 1.54) is 11.1 Å². The second-order valence-electron chi connectivity index (χ2n) is 2.90. The van der Waals surface area contributed by atoms with E-state index in [2.05, 4.69) is 47.3 Å². The Morgan fingerprint density at radius 3 is 2.31 bits per heavy atom. The molecule has 0 unspecified atom stereocenters. The van der Waals surface area contributed by atoms with E-state index >= 15 is 0 Å². The second-order valence-corrected chi connectivity index (χ2v) is 3.81. The fourth-order valence-corrected chi connectivity index (χ4v) is 1.70. The summed E-state index contributed by atoms with van der Waals surface area (Å²) in [7, 11) is 0. The molecule has 0 spiro atoms. The zero-order valence-corrected chi connectivity index (χ0v) is 9.18. The van der Waals surface area contributed by atoms with Crippen LogP contribution in [0.25, 0.3) is 0 Å². The Hall–Kier alpha value is -0.820. The van der Waals surface area contributed by atoms with E-state index in [4.69, 9.17) is 0 Å². The van der Waals surface area contributed by atoms with E-state index in [1.54, 1.807) is 0 Å². The van der Waals surface area contributed by atoms with Gasteiger partial charge in [-0.05, 0) is 36.1 Å². The van der Waals surface area contributed by atoms with Crippen LogP contribution in [0.5, 0.6) is 0 Å². The predicted octanol–water partition coefficient (Wildman–Crippen LogP) is 3.91. The van der Waals surface area contributed by atoms with Gasteiger partial charge in [-0.2, -0.15) is 0 Å². The summed E-state index contributed by atoms with van der Waals surface area (Å²) in [5.41, 5.74) is 2.65. The van der Waals surface area contributed by atoms with Crippen LogP contribution >= 0.6 is 15.9 Å². The molecule has 1 aromatic carbocycles. The Morgan fingerprint density at radius 2 is 1.69 bits per heavy atom. The first kappa shape index (κ1) is 10.3. The van der Waals surface area contributed by atoms with Crippen molar-refractivity contribution < 1.29 is 0 Å². The second kappa shape index (κ2) is 5.03. The lowest BCUT2D eigenvalue weighted by Crippen LogP contribution is -1.91. The van der Waals surface area contributed by atoms with Crippen LogP contribution in [0.2, 0.25) is 0 Å². The molecule has 0 fully saturated rings. The Bertz CT molecular complexity index is 313. The van der Waals surface area contributed by atoms with Crippen molar-refractivity contribution in [2.45, 2.75) is 12.8 Å². The molecule has 1 rings (SSSR count). The first-order valence-corrected chi connectivity index (χ1v) is 5.06. The van der Waals surface area contributed by atoms with Crippen LogP contribution in [-0.4, -0.2) is 0 Å². The highest BCUT2D eigenvalue weighted by Gasteiger charge is 1.99. The quantitative estimate of drug-likeness (QED) is 0.696. The number of halogens is 1. The van der Waals surface area contributed by atoms with Crippen LogP contribution < -0.4 is 0 Å². The highest BCUT2D eigenvalue weighted by Crippen LogP contribution is 2.18. The summed E-state index contributed by atoms with van der Waals surface area (Å²) < 4.78 is 1.12. The van der Waals surface area contributed by atoms with Crippen LogP contribution in [0.1, 0.15) is 11.1 Å². The minimum atomic E-state index is 0.919. The third kappa shape index (κ3) is 2.85. The lowest BCUT2D eigenvalue weighted by molar-refractivity contribution is 1.15. The van der Waals surface area contributed by atoms with Crippen LogP contribution in [0.4, 0.5) is 0 Å². The smallest absolute Gasteiger partial charge is 0.0178 e. The van der Waals surface area contributed by atoms with Gasteiger partial charge in [0.25, 0.3) is 0 Å². The zero-order chi connectivity index (χ0) is 9.68. The monoisotopic (exact) mass is 236 g/mol. The van der Waals surface area contributed by atoms with Gasteiger partial charge < -0.3 is 0 Å².